The van der Waals surface area contributed by atoms with Gasteiger partial charge in [-0.1, -0.05) is 23.7 Å². The Balaban J connectivity index is 2.51. The summed E-state index contributed by atoms with van der Waals surface area (Å²) in [6.45, 7) is 0.301. The zero-order valence-corrected chi connectivity index (χ0v) is 15.0. The van der Waals surface area contributed by atoms with Crippen LogP contribution < -0.4 is 11.5 Å². The predicted octanol–water partition coefficient (Wildman–Crippen LogP) is 3.83. The standard InChI is InChI=1S/C17H16BrClF2N2O/c18-11-7-5-9(4-6-10(23)8-22)14(16(11)19)17(24)15-12(20)2-1-3-13(15)21/h1-3,5,7,10H,4,6,8,22-23H2/t10-/m0/s1. The van der Waals surface area contributed by atoms with Gasteiger partial charge < -0.3 is 11.5 Å². The number of hydrogen-bond donors (Lipinski definition) is 2. The van der Waals surface area contributed by atoms with E-state index in [9.17, 15) is 13.6 Å². The lowest BCUT2D eigenvalue weighted by Gasteiger charge is -2.15. The Morgan fingerprint density at radius 2 is 1.79 bits per heavy atom. The van der Waals surface area contributed by atoms with Crippen molar-refractivity contribution in [2.24, 2.45) is 11.5 Å². The van der Waals surface area contributed by atoms with Crippen molar-refractivity contribution in [2.45, 2.75) is 18.9 Å². The third-order valence-corrected chi connectivity index (χ3v) is 4.97. The van der Waals surface area contributed by atoms with Crippen LogP contribution in [0.15, 0.2) is 34.8 Å². The molecular weight excluding hydrogens is 402 g/mol. The van der Waals surface area contributed by atoms with E-state index in [1.54, 1.807) is 12.1 Å². The van der Waals surface area contributed by atoms with Gasteiger partial charge in [0.25, 0.3) is 0 Å². The highest BCUT2D eigenvalue weighted by atomic mass is 79.9. The minimum atomic E-state index is -0.930. The SMILES string of the molecule is NC[C@@H](N)CCc1ccc(Br)c(Cl)c1C(=O)c1c(F)cccc1F. The second kappa shape index (κ2) is 8.16. The number of ketones is 1. The highest BCUT2D eigenvalue weighted by molar-refractivity contribution is 9.10. The molecule has 0 aromatic heterocycles. The molecule has 1 atom stereocenters. The Kier molecular flexibility index (Phi) is 6.46. The van der Waals surface area contributed by atoms with E-state index < -0.39 is 23.0 Å². The average Bonchev–Trinajstić information content (AvgIpc) is 2.55. The van der Waals surface area contributed by atoms with Gasteiger partial charge in [-0.2, -0.15) is 0 Å². The van der Waals surface area contributed by atoms with Gasteiger partial charge in [0.05, 0.1) is 10.6 Å². The Morgan fingerprint density at radius 1 is 1.17 bits per heavy atom. The summed E-state index contributed by atoms with van der Waals surface area (Å²) in [5.41, 5.74) is 11.3. The van der Waals surface area contributed by atoms with Crippen LogP contribution in [0.2, 0.25) is 5.02 Å². The lowest BCUT2D eigenvalue weighted by Crippen LogP contribution is -2.30. The van der Waals surface area contributed by atoms with Crippen LogP contribution in [0.5, 0.6) is 0 Å². The molecule has 0 radical (unpaired) electrons. The summed E-state index contributed by atoms with van der Waals surface area (Å²) in [5.74, 6) is -2.66. The quantitative estimate of drug-likeness (QED) is 0.702. The lowest BCUT2D eigenvalue weighted by molar-refractivity contribution is 0.103. The van der Waals surface area contributed by atoms with Crippen LogP contribution in [-0.4, -0.2) is 18.4 Å². The van der Waals surface area contributed by atoms with Crippen LogP contribution in [0.1, 0.15) is 27.9 Å². The van der Waals surface area contributed by atoms with Gasteiger partial charge in [0.1, 0.15) is 11.6 Å². The van der Waals surface area contributed by atoms with E-state index in [1.165, 1.54) is 6.07 Å². The van der Waals surface area contributed by atoms with Crippen LogP contribution in [-0.2, 0) is 6.42 Å². The van der Waals surface area contributed by atoms with Gasteiger partial charge in [0.15, 0.2) is 0 Å². The number of carbonyl (C=O) groups excluding carboxylic acids is 1. The van der Waals surface area contributed by atoms with Gasteiger partial charge in [0.2, 0.25) is 5.78 Å². The van der Waals surface area contributed by atoms with Gasteiger partial charge in [-0.25, -0.2) is 8.78 Å². The molecule has 0 amide bonds. The third kappa shape index (κ3) is 4.00. The van der Waals surface area contributed by atoms with Gasteiger partial charge in [0, 0.05) is 22.6 Å². The van der Waals surface area contributed by atoms with E-state index in [2.05, 4.69) is 15.9 Å². The Labute approximate surface area is 152 Å². The van der Waals surface area contributed by atoms with Crippen molar-refractivity contribution in [3.8, 4) is 0 Å². The van der Waals surface area contributed by atoms with Crippen molar-refractivity contribution >= 4 is 33.3 Å². The molecule has 0 saturated carbocycles. The fourth-order valence-electron chi connectivity index (χ4n) is 2.34. The maximum absolute atomic E-state index is 14.0. The molecule has 0 aliphatic rings. The van der Waals surface area contributed by atoms with Crippen LogP contribution in [0.4, 0.5) is 8.78 Å². The second-order valence-corrected chi connectivity index (χ2v) is 6.59. The van der Waals surface area contributed by atoms with Gasteiger partial charge >= 0.3 is 0 Å². The average molecular weight is 418 g/mol. The fraction of sp³-hybridized carbons (Fsp3) is 0.235. The van der Waals surface area contributed by atoms with Crippen LogP contribution in [0.25, 0.3) is 0 Å². The molecule has 0 heterocycles. The zero-order chi connectivity index (χ0) is 17.9. The Hall–Kier alpha value is -1.34. The largest absolute Gasteiger partial charge is 0.329 e. The van der Waals surface area contributed by atoms with Crippen molar-refractivity contribution in [1.82, 2.24) is 0 Å². The molecule has 0 aliphatic carbocycles. The molecule has 128 valence electrons. The first-order valence-corrected chi connectivity index (χ1v) is 8.45. The highest BCUT2D eigenvalue weighted by Gasteiger charge is 2.24. The van der Waals surface area contributed by atoms with Crippen LogP contribution in [0, 0.1) is 11.6 Å². The number of benzene rings is 2. The molecule has 3 nitrogen and oxygen atoms in total. The molecule has 2 aromatic carbocycles. The Morgan fingerprint density at radius 3 is 2.38 bits per heavy atom. The van der Waals surface area contributed by atoms with Gasteiger partial charge in [-0.15, -0.1) is 0 Å². The number of carbonyl (C=O) groups is 1. The maximum Gasteiger partial charge on any atom is 0.200 e. The van der Waals surface area contributed by atoms with E-state index in [1.807, 2.05) is 0 Å². The van der Waals surface area contributed by atoms with E-state index in [4.69, 9.17) is 23.1 Å². The molecule has 0 bridgehead atoms. The van der Waals surface area contributed by atoms with Crippen LogP contribution in [0.3, 0.4) is 0 Å². The molecule has 4 N–H and O–H groups in total. The number of nitrogens with two attached hydrogens (primary N) is 2. The molecule has 24 heavy (non-hydrogen) atoms. The first-order chi connectivity index (χ1) is 11.4. The number of aryl methyl sites for hydroxylation is 1. The summed E-state index contributed by atoms with van der Waals surface area (Å²) < 4.78 is 28.4. The summed E-state index contributed by atoms with van der Waals surface area (Å²) in [7, 11) is 0. The lowest BCUT2D eigenvalue weighted by atomic mass is 9.94. The first kappa shape index (κ1) is 19.0. The molecule has 0 spiro atoms. The summed E-state index contributed by atoms with van der Waals surface area (Å²) in [6, 6.07) is 6.40. The molecule has 2 rings (SSSR count). The molecular formula is C17H16BrClF2N2O. The summed E-state index contributed by atoms with van der Waals surface area (Å²) in [5, 5.41) is 0.112. The second-order valence-electron chi connectivity index (χ2n) is 5.36. The van der Waals surface area contributed by atoms with Crippen molar-refractivity contribution in [3.05, 3.63) is 68.2 Å². The fourth-order valence-corrected chi connectivity index (χ4v) is 2.94. The van der Waals surface area contributed by atoms with Crippen molar-refractivity contribution < 1.29 is 13.6 Å². The molecule has 0 unspecified atom stereocenters. The summed E-state index contributed by atoms with van der Waals surface area (Å²) in [6.07, 6.45) is 0.941. The smallest absolute Gasteiger partial charge is 0.200 e. The van der Waals surface area contributed by atoms with Crippen molar-refractivity contribution in [1.29, 1.82) is 0 Å². The number of hydrogen-bond acceptors (Lipinski definition) is 3. The minimum Gasteiger partial charge on any atom is -0.329 e. The minimum absolute atomic E-state index is 0.0688. The number of rotatable bonds is 6. The molecule has 0 fully saturated rings. The van der Waals surface area contributed by atoms with E-state index in [0.717, 1.165) is 12.1 Å². The summed E-state index contributed by atoms with van der Waals surface area (Å²) >= 11 is 9.46. The summed E-state index contributed by atoms with van der Waals surface area (Å²) in [4.78, 5) is 12.8. The van der Waals surface area contributed by atoms with E-state index in [0.29, 0.717) is 29.4 Å². The van der Waals surface area contributed by atoms with Crippen molar-refractivity contribution in [3.63, 3.8) is 0 Å². The number of halogens is 4. The maximum atomic E-state index is 14.0. The van der Waals surface area contributed by atoms with Crippen LogP contribution >= 0.6 is 27.5 Å². The van der Waals surface area contributed by atoms with Crippen molar-refractivity contribution in [2.75, 3.05) is 6.54 Å². The first-order valence-electron chi connectivity index (χ1n) is 7.28. The Bertz CT molecular complexity index is 750. The molecule has 0 aliphatic heterocycles. The molecule has 2 aromatic rings. The van der Waals surface area contributed by atoms with E-state index >= 15 is 0 Å². The monoisotopic (exact) mass is 416 g/mol. The molecule has 0 saturated heterocycles. The zero-order valence-electron chi connectivity index (χ0n) is 12.7. The van der Waals surface area contributed by atoms with E-state index in [-0.39, 0.29) is 16.6 Å². The predicted molar refractivity (Wildman–Crippen MR) is 94.3 cm³/mol. The van der Waals surface area contributed by atoms with Gasteiger partial charge in [-0.05, 0) is 52.5 Å². The molecule has 7 heteroatoms. The topological polar surface area (TPSA) is 69.1 Å². The van der Waals surface area contributed by atoms with Gasteiger partial charge in [-0.3, -0.25) is 4.79 Å². The third-order valence-electron chi connectivity index (χ3n) is 3.69. The highest BCUT2D eigenvalue weighted by Crippen LogP contribution is 2.32. The normalized spacial score (nSPS) is 12.2.